The second-order valence-electron chi connectivity index (χ2n) is 3.41. The van der Waals surface area contributed by atoms with Crippen LogP contribution in [0.25, 0.3) is 0 Å². The first-order valence-corrected chi connectivity index (χ1v) is 5.94. The van der Waals surface area contributed by atoms with Crippen molar-refractivity contribution in [3.05, 3.63) is 46.7 Å². The van der Waals surface area contributed by atoms with E-state index in [1.807, 2.05) is 24.3 Å². The highest BCUT2D eigenvalue weighted by atomic mass is 79.9. The number of nitrogens with zero attached hydrogens (tertiary/aromatic N) is 2. The number of nitrogens with one attached hydrogen (secondary N) is 1. The topological polar surface area (TPSA) is 47.0 Å². The molecule has 0 aliphatic heterocycles. The molecule has 0 amide bonds. The molecule has 0 aliphatic rings. The number of benzene rings is 1. The fraction of sp³-hybridized carbons (Fsp3) is 0.167. The lowest BCUT2D eigenvalue weighted by atomic mass is 10.2. The van der Waals surface area contributed by atoms with Crippen molar-refractivity contribution in [2.75, 3.05) is 12.4 Å². The molecule has 1 aromatic carbocycles. The number of rotatable bonds is 4. The largest absolute Gasteiger partial charge is 0.472 e. The van der Waals surface area contributed by atoms with Crippen molar-refractivity contribution < 1.29 is 4.74 Å². The molecule has 2 aromatic rings. The van der Waals surface area contributed by atoms with Crippen molar-refractivity contribution in [2.24, 2.45) is 0 Å². The molecule has 17 heavy (non-hydrogen) atoms. The van der Waals surface area contributed by atoms with Gasteiger partial charge in [-0.15, -0.1) is 0 Å². The first kappa shape index (κ1) is 11.9. The molecule has 0 atom stereocenters. The van der Waals surface area contributed by atoms with Crippen LogP contribution in [0.3, 0.4) is 0 Å². The van der Waals surface area contributed by atoms with E-state index in [0.717, 1.165) is 10.0 Å². The van der Waals surface area contributed by atoms with Gasteiger partial charge in [-0.3, -0.25) is 4.98 Å². The Balaban J connectivity index is 1.99. The summed E-state index contributed by atoms with van der Waals surface area (Å²) < 4.78 is 6.60. The molecular formula is C12H12BrN3O. The van der Waals surface area contributed by atoms with Crippen LogP contribution in [-0.2, 0) is 6.61 Å². The fourth-order valence-corrected chi connectivity index (χ4v) is 1.54. The SMILES string of the molecule is CNc1cncc(OCc2ccc(Br)cc2)n1. The molecule has 5 heteroatoms. The molecule has 0 fully saturated rings. The maximum atomic E-state index is 5.55. The van der Waals surface area contributed by atoms with Crippen molar-refractivity contribution in [1.82, 2.24) is 9.97 Å². The number of ether oxygens (including phenoxy) is 1. The van der Waals surface area contributed by atoms with E-state index in [1.54, 1.807) is 19.4 Å². The maximum absolute atomic E-state index is 5.55. The number of hydrogen-bond acceptors (Lipinski definition) is 4. The van der Waals surface area contributed by atoms with Gasteiger partial charge in [0.15, 0.2) is 0 Å². The summed E-state index contributed by atoms with van der Waals surface area (Å²) in [7, 11) is 1.79. The average molecular weight is 294 g/mol. The molecule has 0 bridgehead atoms. The maximum Gasteiger partial charge on any atom is 0.234 e. The molecule has 0 spiro atoms. The van der Waals surface area contributed by atoms with Crippen molar-refractivity contribution in [1.29, 1.82) is 0 Å². The Bertz CT molecular complexity index is 487. The highest BCUT2D eigenvalue weighted by Crippen LogP contribution is 2.13. The zero-order valence-corrected chi connectivity index (χ0v) is 10.9. The second-order valence-corrected chi connectivity index (χ2v) is 4.32. The minimum atomic E-state index is 0.481. The predicted molar refractivity (Wildman–Crippen MR) is 70.1 cm³/mol. The lowest BCUT2D eigenvalue weighted by molar-refractivity contribution is 0.293. The van der Waals surface area contributed by atoms with Gasteiger partial charge in [0.2, 0.25) is 5.88 Å². The fourth-order valence-electron chi connectivity index (χ4n) is 1.28. The quantitative estimate of drug-likeness (QED) is 0.942. The summed E-state index contributed by atoms with van der Waals surface area (Å²) >= 11 is 3.39. The molecular weight excluding hydrogens is 282 g/mol. The minimum absolute atomic E-state index is 0.481. The Morgan fingerprint density at radius 3 is 2.71 bits per heavy atom. The summed E-state index contributed by atoms with van der Waals surface area (Å²) in [5.74, 6) is 1.21. The van der Waals surface area contributed by atoms with E-state index in [9.17, 15) is 0 Å². The van der Waals surface area contributed by atoms with Gasteiger partial charge in [-0.2, -0.15) is 4.98 Å². The minimum Gasteiger partial charge on any atom is -0.472 e. The van der Waals surface area contributed by atoms with Gasteiger partial charge in [0.25, 0.3) is 0 Å². The smallest absolute Gasteiger partial charge is 0.234 e. The zero-order chi connectivity index (χ0) is 12.1. The van der Waals surface area contributed by atoms with Gasteiger partial charge in [0.1, 0.15) is 12.4 Å². The van der Waals surface area contributed by atoms with Crippen LogP contribution in [0.1, 0.15) is 5.56 Å². The van der Waals surface area contributed by atoms with Crippen molar-refractivity contribution in [3.63, 3.8) is 0 Å². The van der Waals surface area contributed by atoms with Crippen LogP contribution in [0.2, 0.25) is 0 Å². The Morgan fingerprint density at radius 2 is 2.00 bits per heavy atom. The third-order valence-corrected chi connectivity index (χ3v) is 2.70. The Labute approximate surface area is 108 Å². The standard InChI is InChI=1S/C12H12BrN3O/c1-14-11-6-15-7-12(16-11)17-8-9-2-4-10(13)5-3-9/h2-7H,8H2,1H3,(H,14,16). The molecule has 0 saturated carbocycles. The summed E-state index contributed by atoms with van der Waals surface area (Å²) in [4.78, 5) is 8.24. The van der Waals surface area contributed by atoms with E-state index in [2.05, 4.69) is 31.2 Å². The molecule has 4 nitrogen and oxygen atoms in total. The van der Waals surface area contributed by atoms with Gasteiger partial charge in [-0.25, -0.2) is 0 Å². The van der Waals surface area contributed by atoms with Gasteiger partial charge in [0, 0.05) is 11.5 Å². The summed E-state index contributed by atoms with van der Waals surface area (Å²) in [6.07, 6.45) is 3.24. The number of halogens is 1. The molecule has 0 unspecified atom stereocenters. The third kappa shape index (κ3) is 3.42. The van der Waals surface area contributed by atoms with Gasteiger partial charge in [-0.05, 0) is 17.7 Å². The van der Waals surface area contributed by atoms with E-state index in [0.29, 0.717) is 18.3 Å². The normalized spacial score (nSPS) is 10.0. The second kappa shape index (κ2) is 5.63. The van der Waals surface area contributed by atoms with E-state index in [4.69, 9.17) is 4.74 Å². The van der Waals surface area contributed by atoms with Crippen LogP contribution in [0.5, 0.6) is 5.88 Å². The number of anilines is 1. The molecule has 1 N–H and O–H groups in total. The third-order valence-electron chi connectivity index (χ3n) is 2.17. The van der Waals surface area contributed by atoms with Crippen LogP contribution >= 0.6 is 15.9 Å². The molecule has 1 heterocycles. The lowest BCUT2D eigenvalue weighted by Crippen LogP contribution is -2.00. The van der Waals surface area contributed by atoms with E-state index in [-0.39, 0.29) is 0 Å². The Kier molecular flexibility index (Phi) is 3.93. The Hall–Kier alpha value is -1.62. The summed E-state index contributed by atoms with van der Waals surface area (Å²) in [6, 6.07) is 7.96. The number of hydrogen-bond donors (Lipinski definition) is 1. The number of aromatic nitrogens is 2. The predicted octanol–water partition coefficient (Wildman–Crippen LogP) is 2.86. The summed E-state index contributed by atoms with van der Waals surface area (Å²) in [5, 5.41) is 2.91. The highest BCUT2D eigenvalue weighted by Gasteiger charge is 1.99. The van der Waals surface area contributed by atoms with Crippen molar-refractivity contribution in [2.45, 2.75) is 6.61 Å². The van der Waals surface area contributed by atoms with Crippen LogP contribution in [0, 0.1) is 0 Å². The van der Waals surface area contributed by atoms with Crippen LogP contribution in [0.4, 0.5) is 5.82 Å². The first-order valence-electron chi connectivity index (χ1n) is 5.15. The van der Waals surface area contributed by atoms with Crippen LogP contribution < -0.4 is 10.1 Å². The van der Waals surface area contributed by atoms with Gasteiger partial charge >= 0.3 is 0 Å². The van der Waals surface area contributed by atoms with E-state index in [1.165, 1.54) is 0 Å². The van der Waals surface area contributed by atoms with Crippen LogP contribution in [0.15, 0.2) is 41.1 Å². The zero-order valence-electron chi connectivity index (χ0n) is 9.35. The molecule has 88 valence electrons. The molecule has 1 aromatic heterocycles. The van der Waals surface area contributed by atoms with Crippen molar-refractivity contribution >= 4 is 21.7 Å². The van der Waals surface area contributed by atoms with E-state index < -0.39 is 0 Å². The lowest BCUT2D eigenvalue weighted by Gasteiger charge is -2.06. The average Bonchev–Trinajstić information content (AvgIpc) is 2.38. The summed E-state index contributed by atoms with van der Waals surface area (Å²) in [6.45, 7) is 0.481. The molecule has 0 radical (unpaired) electrons. The van der Waals surface area contributed by atoms with Crippen molar-refractivity contribution in [3.8, 4) is 5.88 Å². The first-order chi connectivity index (χ1) is 8.28. The Morgan fingerprint density at radius 1 is 1.24 bits per heavy atom. The molecule has 2 rings (SSSR count). The monoisotopic (exact) mass is 293 g/mol. The van der Waals surface area contributed by atoms with Gasteiger partial charge in [0.05, 0.1) is 12.4 Å². The summed E-state index contributed by atoms with van der Waals surface area (Å²) in [5.41, 5.74) is 1.09. The van der Waals surface area contributed by atoms with E-state index >= 15 is 0 Å². The molecule has 0 saturated heterocycles. The van der Waals surface area contributed by atoms with Gasteiger partial charge in [-0.1, -0.05) is 28.1 Å². The highest BCUT2D eigenvalue weighted by molar-refractivity contribution is 9.10. The molecule has 0 aliphatic carbocycles. The van der Waals surface area contributed by atoms with Gasteiger partial charge < -0.3 is 10.1 Å². The van der Waals surface area contributed by atoms with Crippen LogP contribution in [-0.4, -0.2) is 17.0 Å².